The molecule has 0 bridgehead atoms. The predicted molar refractivity (Wildman–Crippen MR) is 72.0 cm³/mol. The molecule has 18 heavy (non-hydrogen) atoms. The third-order valence-corrected chi connectivity index (χ3v) is 5.02. The minimum absolute atomic E-state index is 0.312. The summed E-state index contributed by atoms with van der Waals surface area (Å²) in [6.07, 6.45) is 2.39. The lowest BCUT2D eigenvalue weighted by atomic mass is 9.69. The fraction of sp³-hybridized carbons (Fsp3) is 0.600. The van der Waals surface area contributed by atoms with Crippen molar-refractivity contribution in [3.63, 3.8) is 0 Å². The number of hydrogen-bond acceptors (Lipinski definition) is 3. The summed E-state index contributed by atoms with van der Waals surface area (Å²) in [6.45, 7) is 2.39. The van der Waals surface area contributed by atoms with Crippen LogP contribution < -0.4 is 10.6 Å². The van der Waals surface area contributed by atoms with Gasteiger partial charge in [-0.25, -0.2) is 0 Å². The summed E-state index contributed by atoms with van der Waals surface area (Å²) >= 11 is 0. The highest BCUT2D eigenvalue weighted by atomic mass is 16.3. The molecule has 3 N–H and O–H groups in total. The highest BCUT2D eigenvalue weighted by Gasteiger charge is 2.41. The number of fused-ring (bicyclic) bond motifs is 2. The molecule has 1 aromatic rings. The van der Waals surface area contributed by atoms with E-state index in [1.54, 1.807) is 5.56 Å². The molecular formula is C15H20N2O. The van der Waals surface area contributed by atoms with Crippen LogP contribution in [0.2, 0.25) is 0 Å². The molecule has 2 unspecified atom stereocenters. The second kappa shape index (κ2) is 3.97. The maximum Gasteiger partial charge on any atom is 0.0471 e. The van der Waals surface area contributed by atoms with Crippen LogP contribution in [0.15, 0.2) is 18.2 Å². The van der Waals surface area contributed by atoms with E-state index in [0.717, 1.165) is 19.5 Å². The van der Waals surface area contributed by atoms with Gasteiger partial charge in [0.05, 0.1) is 0 Å². The lowest BCUT2D eigenvalue weighted by molar-refractivity contribution is 0.160. The average Bonchev–Trinajstić information content (AvgIpc) is 2.83. The van der Waals surface area contributed by atoms with Crippen LogP contribution in [0.3, 0.4) is 0 Å². The average molecular weight is 244 g/mol. The van der Waals surface area contributed by atoms with Gasteiger partial charge in [-0.15, -0.1) is 0 Å². The van der Waals surface area contributed by atoms with Gasteiger partial charge in [0, 0.05) is 37.3 Å². The van der Waals surface area contributed by atoms with Gasteiger partial charge in [-0.1, -0.05) is 12.1 Å². The zero-order valence-electron chi connectivity index (χ0n) is 10.5. The lowest BCUT2D eigenvalue weighted by Gasteiger charge is -2.42. The normalized spacial score (nSPS) is 36.7. The summed E-state index contributed by atoms with van der Waals surface area (Å²) in [5, 5.41) is 16.6. The Hall–Kier alpha value is -1.06. The molecule has 2 heterocycles. The van der Waals surface area contributed by atoms with Gasteiger partial charge >= 0.3 is 0 Å². The van der Waals surface area contributed by atoms with Crippen LogP contribution in [0.5, 0.6) is 0 Å². The van der Waals surface area contributed by atoms with Crippen molar-refractivity contribution < 1.29 is 5.11 Å². The van der Waals surface area contributed by atoms with Gasteiger partial charge in [0.2, 0.25) is 0 Å². The molecule has 3 nitrogen and oxygen atoms in total. The molecule has 0 amide bonds. The van der Waals surface area contributed by atoms with E-state index in [-0.39, 0.29) is 0 Å². The molecular weight excluding hydrogens is 224 g/mol. The Morgan fingerprint density at radius 2 is 2.17 bits per heavy atom. The fourth-order valence-corrected chi connectivity index (χ4v) is 4.16. The number of piperidine rings is 1. The summed E-state index contributed by atoms with van der Waals surface area (Å²) in [6, 6.07) is 7.30. The molecule has 0 aromatic heterocycles. The zero-order chi connectivity index (χ0) is 12.1. The number of benzene rings is 1. The molecule has 2 aliphatic heterocycles. The van der Waals surface area contributed by atoms with E-state index in [1.807, 2.05) is 0 Å². The molecule has 1 saturated heterocycles. The molecule has 96 valence electrons. The zero-order valence-corrected chi connectivity index (χ0v) is 10.5. The van der Waals surface area contributed by atoms with Crippen molar-refractivity contribution in [2.75, 3.05) is 25.0 Å². The quantitative estimate of drug-likeness (QED) is 0.704. The first kappa shape index (κ1) is 10.8. The number of hydrogen-bond donors (Lipinski definition) is 3. The number of aliphatic hydroxyl groups is 1. The summed E-state index contributed by atoms with van der Waals surface area (Å²) < 4.78 is 0. The van der Waals surface area contributed by atoms with Crippen molar-refractivity contribution in [3.8, 4) is 0 Å². The van der Waals surface area contributed by atoms with Crippen LogP contribution in [-0.4, -0.2) is 30.8 Å². The number of aliphatic hydroxyl groups excluding tert-OH is 1. The summed E-state index contributed by atoms with van der Waals surface area (Å²) in [5.41, 5.74) is 4.45. The first-order valence-electron chi connectivity index (χ1n) is 7.07. The third kappa shape index (κ3) is 1.44. The largest absolute Gasteiger partial charge is 0.396 e. The van der Waals surface area contributed by atoms with Gasteiger partial charge < -0.3 is 15.7 Å². The third-order valence-electron chi connectivity index (χ3n) is 5.02. The van der Waals surface area contributed by atoms with Gasteiger partial charge in [0.25, 0.3) is 0 Å². The first-order valence-corrected chi connectivity index (χ1v) is 7.07. The number of anilines is 1. The minimum atomic E-state index is 0.312. The SMILES string of the molecule is OCC1CN[C@@H]2CC3CNc4cccc(c43)[C@H]2C1. The fourth-order valence-electron chi connectivity index (χ4n) is 4.16. The molecule has 4 rings (SSSR count). The van der Waals surface area contributed by atoms with Gasteiger partial charge in [0.15, 0.2) is 0 Å². The van der Waals surface area contributed by atoms with E-state index in [4.69, 9.17) is 0 Å². The summed E-state index contributed by atoms with van der Waals surface area (Å²) in [7, 11) is 0. The lowest BCUT2D eigenvalue weighted by Crippen LogP contribution is -2.47. The monoisotopic (exact) mass is 244 g/mol. The Labute approximate surface area is 108 Å². The van der Waals surface area contributed by atoms with Crippen molar-refractivity contribution in [3.05, 3.63) is 29.3 Å². The Kier molecular flexibility index (Phi) is 2.39. The van der Waals surface area contributed by atoms with E-state index < -0.39 is 0 Å². The Balaban J connectivity index is 1.76. The van der Waals surface area contributed by atoms with Crippen LogP contribution in [0.1, 0.15) is 35.8 Å². The Bertz CT molecular complexity index is 474. The number of rotatable bonds is 1. The molecule has 1 fully saturated rings. The maximum atomic E-state index is 9.40. The van der Waals surface area contributed by atoms with Gasteiger partial charge in [-0.05, 0) is 41.9 Å². The van der Waals surface area contributed by atoms with E-state index in [2.05, 4.69) is 28.8 Å². The van der Waals surface area contributed by atoms with E-state index in [1.165, 1.54) is 17.7 Å². The van der Waals surface area contributed by atoms with E-state index in [9.17, 15) is 5.11 Å². The van der Waals surface area contributed by atoms with Crippen LogP contribution >= 0.6 is 0 Å². The van der Waals surface area contributed by atoms with Crippen LogP contribution in [0, 0.1) is 5.92 Å². The molecule has 4 atom stereocenters. The topological polar surface area (TPSA) is 44.3 Å². The van der Waals surface area contributed by atoms with Gasteiger partial charge in [0.1, 0.15) is 0 Å². The predicted octanol–water partition coefficient (Wildman–Crippen LogP) is 1.65. The molecule has 1 aliphatic carbocycles. The second-order valence-electron chi connectivity index (χ2n) is 6.03. The molecule has 0 radical (unpaired) electrons. The van der Waals surface area contributed by atoms with Crippen molar-refractivity contribution in [2.24, 2.45) is 5.92 Å². The highest BCUT2D eigenvalue weighted by Crippen LogP contribution is 2.48. The van der Waals surface area contributed by atoms with E-state index >= 15 is 0 Å². The van der Waals surface area contributed by atoms with Crippen molar-refractivity contribution >= 4 is 5.69 Å². The molecule has 3 aliphatic rings. The highest BCUT2D eigenvalue weighted by molar-refractivity contribution is 5.63. The minimum Gasteiger partial charge on any atom is -0.396 e. The summed E-state index contributed by atoms with van der Waals surface area (Å²) in [4.78, 5) is 0. The molecule has 0 spiro atoms. The standard InChI is InChI=1S/C15H20N2O/c18-8-9-4-12-11-2-1-3-13-15(11)10(7-17-13)5-14(12)16-6-9/h1-3,9-10,12,14,16-18H,4-8H2/t9?,10?,12-,14-/m1/s1. The first-order chi connectivity index (χ1) is 8.86. The van der Waals surface area contributed by atoms with Crippen molar-refractivity contribution in [1.29, 1.82) is 0 Å². The van der Waals surface area contributed by atoms with Crippen LogP contribution in [0.25, 0.3) is 0 Å². The summed E-state index contributed by atoms with van der Waals surface area (Å²) in [5.74, 6) is 1.71. The maximum absolute atomic E-state index is 9.40. The molecule has 0 saturated carbocycles. The second-order valence-corrected chi connectivity index (χ2v) is 6.03. The van der Waals surface area contributed by atoms with Crippen molar-refractivity contribution in [1.82, 2.24) is 5.32 Å². The van der Waals surface area contributed by atoms with Crippen LogP contribution in [-0.2, 0) is 0 Å². The van der Waals surface area contributed by atoms with Gasteiger partial charge in [-0.3, -0.25) is 0 Å². The Morgan fingerprint density at radius 1 is 1.22 bits per heavy atom. The Morgan fingerprint density at radius 3 is 3.06 bits per heavy atom. The van der Waals surface area contributed by atoms with E-state index in [0.29, 0.717) is 30.4 Å². The smallest absolute Gasteiger partial charge is 0.0471 e. The van der Waals surface area contributed by atoms with Gasteiger partial charge in [-0.2, -0.15) is 0 Å². The number of nitrogens with one attached hydrogen (secondary N) is 2. The van der Waals surface area contributed by atoms with Crippen LogP contribution in [0.4, 0.5) is 5.69 Å². The molecule has 3 heteroatoms. The van der Waals surface area contributed by atoms with Crippen molar-refractivity contribution in [2.45, 2.75) is 30.7 Å². The molecule has 1 aromatic carbocycles.